The molecule has 144 valence electrons. The van der Waals surface area contributed by atoms with Crippen LogP contribution in [0.5, 0.6) is 11.5 Å². The van der Waals surface area contributed by atoms with Crippen LogP contribution in [0.25, 0.3) is 0 Å². The number of β-amino-alcohol motifs (C(OH)–C–C–N with tert-alkyl or cyclic N) is 1. The molecule has 0 spiro atoms. The van der Waals surface area contributed by atoms with Gasteiger partial charge < -0.3 is 19.5 Å². The van der Waals surface area contributed by atoms with E-state index < -0.39 is 6.10 Å². The highest BCUT2D eigenvalue weighted by molar-refractivity contribution is 5.85. The largest absolute Gasteiger partial charge is 0.497 e. The molecule has 1 fully saturated rings. The molecule has 0 aliphatic carbocycles. The number of piperidine rings is 1. The van der Waals surface area contributed by atoms with Crippen molar-refractivity contribution in [2.75, 3.05) is 33.4 Å². The van der Waals surface area contributed by atoms with Crippen molar-refractivity contribution in [1.29, 1.82) is 0 Å². The molecule has 0 amide bonds. The molecule has 2 rings (SSSR count). The third-order valence-corrected chi connectivity index (χ3v) is 4.64. The maximum Gasteiger partial charge on any atom is 0.123 e. The monoisotopic (exact) mass is 371 g/mol. The quantitative estimate of drug-likeness (QED) is 0.823. The molecule has 0 aromatic heterocycles. The van der Waals surface area contributed by atoms with E-state index in [1.54, 1.807) is 7.11 Å². The number of ether oxygens (including phenoxy) is 2. The van der Waals surface area contributed by atoms with Crippen molar-refractivity contribution in [3.8, 4) is 11.5 Å². The zero-order valence-electron chi connectivity index (χ0n) is 16.2. The Bertz CT molecular complexity index is 530. The predicted molar refractivity (Wildman–Crippen MR) is 105 cm³/mol. The minimum absolute atomic E-state index is 0. The van der Waals surface area contributed by atoms with Gasteiger partial charge in [-0.1, -0.05) is 27.7 Å². The molecule has 4 nitrogen and oxygen atoms in total. The number of aliphatic hydroxyl groups is 1. The van der Waals surface area contributed by atoms with Crippen molar-refractivity contribution in [3.63, 3.8) is 0 Å². The Morgan fingerprint density at radius 1 is 1.32 bits per heavy atom. The average Bonchev–Trinajstić information content (AvgIpc) is 2.52. The third-order valence-electron chi connectivity index (χ3n) is 4.64. The summed E-state index contributed by atoms with van der Waals surface area (Å²) in [5.74, 6) is 2.38. The summed E-state index contributed by atoms with van der Waals surface area (Å²) in [7, 11) is 1.67. The van der Waals surface area contributed by atoms with Crippen molar-refractivity contribution in [3.05, 3.63) is 23.8 Å². The van der Waals surface area contributed by atoms with E-state index in [-0.39, 0.29) is 17.8 Å². The average molecular weight is 372 g/mol. The van der Waals surface area contributed by atoms with E-state index in [2.05, 4.69) is 32.6 Å². The molecule has 1 saturated heterocycles. The van der Waals surface area contributed by atoms with Gasteiger partial charge in [-0.3, -0.25) is 0 Å². The molecular weight excluding hydrogens is 338 g/mol. The highest BCUT2D eigenvalue weighted by Crippen LogP contribution is 2.34. The molecule has 0 bridgehead atoms. The Labute approximate surface area is 158 Å². The Kier molecular flexibility index (Phi) is 8.52. The third kappa shape index (κ3) is 6.69. The molecule has 1 N–H and O–H groups in total. The number of likely N-dealkylation sites (tertiary alicyclic amines) is 1. The molecule has 1 aliphatic rings. The number of methoxy groups -OCH3 is 1. The lowest BCUT2D eigenvalue weighted by Crippen LogP contribution is -2.41. The number of halogens is 1. The molecule has 1 aromatic carbocycles. The van der Waals surface area contributed by atoms with Gasteiger partial charge in [-0.05, 0) is 48.9 Å². The van der Waals surface area contributed by atoms with Crippen molar-refractivity contribution in [2.24, 2.45) is 5.92 Å². The molecule has 25 heavy (non-hydrogen) atoms. The fourth-order valence-corrected chi connectivity index (χ4v) is 3.34. The first-order chi connectivity index (χ1) is 11.3. The number of aliphatic hydroxyl groups excluding tert-OH is 1. The highest BCUT2D eigenvalue weighted by atomic mass is 35.5. The van der Waals surface area contributed by atoms with Crippen LogP contribution in [0, 0.1) is 5.92 Å². The van der Waals surface area contributed by atoms with Gasteiger partial charge in [0.2, 0.25) is 0 Å². The van der Waals surface area contributed by atoms with Gasteiger partial charge in [0, 0.05) is 18.7 Å². The van der Waals surface area contributed by atoms with Gasteiger partial charge in [0.15, 0.2) is 0 Å². The van der Waals surface area contributed by atoms with Crippen LogP contribution in [-0.2, 0) is 5.41 Å². The van der Waals surface area contributed by atoms with Gasteiger partial charge in [0.05, 0.1) is 7.11 Å². The second kappa shape index (κ2) is 9.65. The van der Waals surface area contributed by atoms with Crippen LogP contribution in [0.15, 0.2) is 18.2 Å². The van der Waals surface area contributed by atoms with Crippen molar-refractivity contribution < 1.29 is 14.6 Å². The summed E-state index contributed by atoms with van der Waals surface area (Å²) in [6.07, 6.45) is 2.05. The van der Waals surface area contributed by atoms with E-state index in [0.29, 0.717) is 13.2 Å². The Morgan fingerprint density at radius 3 is 2.64 bits per heavy atom. The summed E-state index contributed by atoms with van der Waals surface area (Å²) in [4.78, 5) is 2.35. The molecule has 2 unspecified atom stereocenters. The first kappa shape index (κ1) is 22.1. The SMILES string of the molecule is COc1ccc(OCC(O)CN2CCCC(C)C2)c(C(C)(C)C)c1.Cl. The summed E-state index contributed by atoms with van der Waals surface area (Å²) < 4.78 is 11.3. The van der Waals surface area contributed by atoms with Gasteiger partial charge in [-0.2, -0.15) is 0 Å². The number of hydrogen-bond acceptors (Lipinski definition) is 4. The smallest absolute Gasteiger partial charge is 0.123 e. The van der Waals surface area contributed by atoms with Crippen LogP contribution in [0.3, 0.4) is 0 Å². The lowest BCUT2D eigenvalue weighted by atomic mass is 9.86. The predicted octanol–water partition coefficient (Wildman–Crippen LogP) is 3.89. The minimum atomic E-state index is -0.467. The second-order valence-electron chi connectivity index (χ2n) is 8.08. The van der Waals surface area contributed by atoms with Gasteiger partial charge in [-0.25, -0.2) is 0 Å². The summed E-state index contributed by atoms with van der Waals surface area (Å²) in [6.45, 7) is 11.9. The van der Waals surface area contributed by atoms with E-state index in [9.17, 15) is 5.11 Å². The molecule has 0 radical (unpaired) electrons. The van der Waals surface area contributed by atoms with Crippen LogP contribution >= 0.6 is 12.4 Å². The molecule has 1 aromatic rings. The van der Waals surface area contributed by atoms with Gasteiger partial charge >= 0.3 is 0 Å². The van der Waals surface area contributed by atoms with Crippen LogP contribution in [0.1, 0.15) is 46.1 Å². The molecule has 1 heterocycles. The van der Waals surface area contributed by atoms with Crippen molar-refractivity contribution >= 4 is 12.4 Å². The van der Waals surface area contributed by atoms with E-state index in [0.717, 1.165) is 36.1 Å². The van der Waals surface area contributed by atoms with Crippen molar-refractivity contribution in [1.82, 2.24) is 4.90 Å². The van der Waals surface area contributed by atoms with Gasteiger partial charge in [0.1, 0.15) is 24.2 Å². The van der Waals surface area contributed by atoms with Crippen LogP contribution in [0.2, 0.25) is 0 Å². The van der Waals surface area contributed by atoms with Gasteiger partial charge in [0.25, 0.3) is 0 Å². The van der Waals surface area contributed by atoms with Crippen LogP contribution in [0.4, 0.5) is 0 Å². The summed E-state index contributed by atoms with van der Waals surface area (Å²) in [5.41, 5.74) is 1.05. The maximum absolute atomic E-state index is 10.4. The zero-order valence-corrected chi connectivity index (χ0v) is 17.1. The molecule has 5 heteroatoms. The number of nitrogens with zero attached hydrogens (tertiary/aromatic N) is 1. The minimum Gasteiger partial charge on any atom is -0.497 e. The fraction of sp³-hybridized carbons (Fsp3) is 0.700. The Hall–Kier alpha value is -0.970. The number of hydrogen-bond donors (Lipinski definition) is 1. The fourth-order valence-electron chi connectivity index (χ4n) is 3.34. The normalized spacial score (nSPS) is 19.8. The molecule has 0 saturated carbocycles. The van der Waals surface area contributed by atoms with E-state index >= 15 is 0 Å². The van der Waals surface area contributed by atoms with E-state index in [4.69, 9.17) is 9.47 Å². The summed E-state index contributed by atoms with van der Waals surface area (Å²) >= 11 is 0. The summed E-state index contributed by atoms with van der Waals surface area (Å²) in [6, 6.07) is 5.87. The van der Waals surface area contributed by atoms with Gasteiger partial charge in [-0.15, -0.1) is 12.4 Å². The Balaban J connectivity index is 0.00000312. The van der Waals surface area contributed by atoms with Crippen molar-refractivity contribution in [2.45, 2.75) is 52.1 Å². The topological polar surface area (TPSA) is 41.9 Å². The zero-order chi connectivity index (χ0) is 17.7. The standard InChI is InChI=1S/C20H33NO3.ClH/c1-15-7-6-10-21(12-15)13-16(22)14-24-19-9-8-17(23-5)11-18(19)20(2,3)4;/h8-9,11,15-16,22H,6-7,10,12-14H2,1-5H3;1H. The number of benzene rings is 1. The van der Waals surface area contributed by atoms with E-state index in [1.807, 2.05) is 18.2 Å². The summed E-state index contributed by atoms with van der Waals surface area (Å²) in [5, 5.41) is 10.4. The molecular formula is C20H34ClNO3. The van der Waals surface area contributed by atoms with Crippen LogP contribution in [-0.4, -0.2) is 49.5 Å². The molecule has 1 aliphatic heterocycles. The first-order valence-electron chi connectivity index (χ1n) is 9.01. The lowest BCUT2D eigenvalue weighted by Gasteiger charge is -2.32. The number of rotatable bonds is 6. The highest BCUT2D eigenvalue weighted by Gasteiger charge is 2.22. The first-order valence-corrected chi connectivity index (χ1v) is 9.01. The Morgan fingerprint density at radius 2 is 2.04 bits per heavy atom. The van der Waals surface area contributed by atoms with E-state index in [1.165, 1.54) is 12.8 Å². The lowest BCUT2D eigenvalue weighted by molar-refractivity contribution is 0.0532. The van der Waals surface area contributed by atoms with Crippen LogP contribution < -0.4 is 9.47 Å². The molecule has 2 atom stereocenters. The maximum atomic E-state index is 10.4. The second-order valence-corrected chi connectivity index (χ2v) is 8.08.